The molecule has 0 radical (unpaired) electrons. The molecule has 1 unspecified atom stereocenters. The summed E-state index contributed by atoms with van der Waals surface area (Å²) < 4.78 is 0. The molecule has 164 valence electrons. The molecule has 1 aromatic carbocycles. The molecule has 0 saturated carbocycles. The minimum Gasteiger partial charge on any atom is -0.359 e. The molecular weight excluding hydrogens is 406 g/mol. The third-order valence-corrected chi connectivity index (χ3v) is 5.64. The van der Waals surface area contributed by atoms with E-state index in [-0.39, 0.29) is 30.3 Å². The average Bonchev–Trinajstić information content (AvgIpc) is 2.72. The number of piperidine rings is 1. The number of hydrogen-bond acceptors (Lipinski definition) is 4. The summed E-state index contributed by atoms with van der Waals surface area (Å²) in [5.74, 6) is -0.0239. The summed E-state index contributed by atoms with van der Waals surface area (Å²) in [5.41, 5.74) is 1.38. The number of urea groups is 1. The highest BCUT2D eigenvalue weighted by atomic mass is 35.5. The molecule has 0 aliphatic carbocycles. The van der Waals surface area contributed by atoms with Crippen molar-refractivity contribution in [1.82, 2.24) is 15.5 Å². The molecule has 2 aliphatic heterocycles. The van der Waals surface area contributed by atoms with E-state index in [0.717, 1.165) is 18.5 Å². The Balaban J connectivity index is 1.58. The number of carbonyl (C=O) groups excluding carboxylic acids is 3. The number of piperazine rings is 1. The van der Waals surface area contributed by atoms with E-state index in [1.165, 1.54) is 0 Å². The normalized spacial score (nSPS) is 19.5. The number of anilines is 2. The van der Waals surface area contributed by atoms with Gasteiger partial charge in [-0.3, -0.25) is 9.59 Å². The number of carbonyl (C=O) groups is 3. The average molecular weight is 436 g/mol. The summed E-state index contributed by atoms with van der Waals surface area (Å²) in [4.78, 5) is 40.3. The van der Waals surface area contributed by atoms with Gasteiger partial charge in [0.1, 0.15) is 0 Å². The number of rotatable bonds is 5. The van der Waals surface area contributed by atoms with Gasteiger partial charge in [-0.2, -0.15) is 0 Å². The maximum atomic E-state index is 12.8. The number of nitrogens with zero attached hydrogens (tertiary/aromatic N) is 2. The van der Waals surface area contributed by atoms with Gasteiger partial charge in [0.2, 0.25) is 11.8 Å². The smallest absolute Gasteiger partial charge is 0.317 e. The Hall–Kier alpha value is -2.48. The van der Waals surface area contributed by atoms with Gasteiger partial charge in [-0.1, -0.05) is 25.4 Å². The zero-order chi connectivity index (χ0) is 21.7. The van der Waals surface area contributed by atoms with E-state index in [1.807, 2.05) is 24.8 Å². The molecule has 9 heteroatoms. The monoisotopic (exact) mass is 435 g/mol. The number of halogens is 1. The van der Waals surface area contributed by atoms with Gasteiger partial charge in [-0.15, -0.1) is 0 Å². The second-order valence-electron chi connectivity index (χ2n) is 8.29. The first kappa shape index (κ1) is 22.2. The summed E-state index contributed by atoms with van der Waals surface area (Å²) in [6.07, 6.45) is 1.54. The van der Waals surface area contributed by atoms with Gasteiger partial charge in [0.05, 0.1) is 23.2 Å². The van der Waals surface area contributed by atoms with E-state index >= 15 is 0 Å². The van der Waals surface area contributed by atoms with E-state index < -0.39 is 0 Å². The molecule has 2 aliphatic rings. The molecule has 2 saturated heterocycles. The highest BCUT2D eigenvalue weighted by Crippen LogP contribution is 2.30. The van der Waals surface area contributed by atoms with Gasteiger partial charge < -0.3 is 25.8 Å². The molecule has 2 heterocycles. The molecule has 1 atom stereocenters. The molecule has 8 nitrogen and oxygen atoms in total. The summed E-state index contributed by atoms with van der Waals surface area (Å²) in [6.45, 7) is 7.32. The molecule has 3 N–H and O–H groups in total. The quantitative estimate of drug-likeness (QED) is 0.661. The standard InChI is InChI=1S/C21H30ClN5O3/c1-14(2)11-24-21(30)27-8-3-4-15(12-27)20(29)25-16-5-6-18(17(22)10-16)26-9-7-23-19(28)13-26/h5-6,10,14-15H,3-4,7-9,11-13H2,1-2H3,(H,23,28)(H,24,30)(H,25,29). The zero-order valence-electron chi connectivity index (χ0n) is 17.5. The number of benzene rings is 1. The lowest BCUT2D eigenvalue weighted by atomic mass is 9.97. The Morgan fingerprint density at radius 2 is 2.10 bits per heavy atom. The molecule has 2 fully saturated rings. The van der Waals surface area contributed by atoms with Gasteiger partial charge in [0, 0.05) is 38.4 Å². The van der Waals surface area contributed by atoms with Crippen LogP contribution in [0.5, 0.6) is 0 Å². The largest absolute Gasteiger partial charge is 0.359 e. The molecule has 1 aromatic rings. The minimum atomic E-state index is -0.257. The maximum Gasteiger partial charge on any atom is 0.317 e. The van der Waals surface area contributed by atoms with E-state index in [9.17, 15) is 14.4 Å². The van der Waals surface area contributed by atoms with Crippen LogP contribution in [0.25, 0.3) is 0 Å². The fourth-order valence-corrected chi connectivity index (χ4v) is 4.01. The van der Waals surface area contributed by atoms with Crippen LogP contribution in [0, 0.1) is 11.8 Å². The minimum absolute atomic E-state index is 0.0334. The molecular formula is C21H30ClN5O3. The first-order chi connectivity index (χ1) is 14.3. The Morgan fingerprint density at radius 3 is 2.80 bits per heavy atom. The Kier molecular flexibility index (Phi) is 7.42. The topological polar surface area (TPSA) is 93.8 Å². The lowest BCUT2D eigenvalue weighted by Gasteiger charge is -2.32. The fraction of sp³-hybridized carbons (Fsp3) is 0.571. The molecule has 3 rings (SSSR count). The SMILES string of the molecule is CC(C)CNC(=O)N1CCCC(C(=O)Nc2ccc(N3CCNC(=O)C3)c(Cl)c2)C1. The van der Waals surface area contributed by atoms with Crippen molar-refractivity contribution < 1.29 is 14.4 Å². The Labute approximate surface area is 182 Å². The van der Waals surface area contributed by atoms with Gasteiger partial charge >= 0.3 is 6.03 Å². The van der Waals surface area contributed by atoms with Crippen LogP contribution in [0.3, 0.4) is 0 Å². The maximum absolute atomic E-state index is 12.8. The van der Waals surface area contributed by atoms with Crippen LogP contribution in [-0.4, -0.2) is 62.0 Å². The van der Waals surface area contributed by atoms with E-state index in [4.69, 9.17) is 11.6 Å². The summed E-state index contributed by atoms with van der Waals surface area (Å²) in [6, 6.07) is 5.21. The Bertz CT molecular complexity index is 801. The van der Waals surface area contributed by atoms with E-state index in [1.54, 1.807) is 17.0 Å². The van der Waals surface area contributed by atoms with Crippen molar-refractivity contribution in [2.45, 2.75) is 26.7 Å². The lowest BCUT2D eigenvalue weighted by molar-refractivity contribution is -0.121. The van der Waals surface area contributed by atoms with Crippen molar-refractivity contribution in [3.63, 3.8) is 0 Å². The van der Waals surface area contributed by atoms with Gasteiger partial charge in [-0.25, -0.2) is 4.79 Å². The fourth-order valence-electron chi connectivity index (χ4n) is 3.71. The highest BCUT2D eigenvalue weighted by molar-refractivity contribution is 6.33. The summed E-state index contributed by atoms with van der Waals surface area (Å²) in [7, 11) is 0. The van der Waals surface area contributed by atoms with Crippen LogP contribution in [-0.2, 0) is 9.59 Å². The first-order valence-electron chi connectivity index (χ1n) is 10.5. The number of hydrogen-bond donors (Lipinski definition) is 3. The van der Waals surface area contributed by atoms with E-state index in [0.29, 0.717) is 49.4 Å². The molecule has 4 amide bonds. The highest BCUT2D eigenvalue weighted by Gasteiger charge is 2.28. The van der Waals surface area contributed by atoms with Gasteiger partial charge in [0.15, 0.2) is 0 Å². The summed E-state index contributed by atoms with van der Waals surface area (Å²) >= 11 is 6.42. The van der Waals surface area contributed by atoms with Crippen molar-refractivity contribution in [2.75, 3.05) is 49.5 Å². The van der Waals surface area contributed by atoms with Crippen LogP contribution in [0.15, 0.2) is 18.2 Å². The van der Waals surface area contributed by atoms with Crippen molar-refractivity contribution in [1.29, 1.82) is 0 Å². The Morgan fingerprint density at radius 1 is 1.30 bits per heavy atom. The number of nitrogens with one attached hydrogen (secondary N) is 3. The predicted molar refractivity (Wildman–Crippen MR) is 118 cm³/mol. The van der Waals surface area contributed by atoms with Crippen molar-refractivity contribution in [2.24, 2.45) is 11.8 Å². The molecule has 0 spiro atoms. The van der Waals surface area contributed by atoms with Crippen molar-refractivity contribution in [3.8, 4) is 0 Å². The lowest BCUT2D eigenvalue weighted by Crippen LogP contribution is -2.48. The van der Waals surface area contributed by atoms with Crippen LogP contribution in [0.4, 0.5) is 16.2 Å². The second kappa shape index (κ2) is 10.0. The third kappa shape index (κ3) is 5.78. The molecule has 0 bridgehead atoms. The zero-order valence-corrected chi connectivity index (χ0v) is 18.3. The van der Waals surface area contributed by atoms with Crippen LogP contribution < -0.4 is 20.9 Å². The van der Waals surface area contributed by atoms with Crippen LogP contribution in [0.2, 0.25) is 5.02 Å². The van der Waals surface area contributed by atoms with Crippen LogP contribution in [0.1, 0.15) is 26.7 Å². The van der Waals surface area contributed by atoms with Gasteiger partial charge in [-0.05, 0) is 37.0 Å². The van der Waals surface area contributed by atoms with E-state index in [2.05, 4.69) is 16.0 Å². The number of likely N-dealkylation sites (tertiary alicyclic amines) is 1. The van der Waals surface area contributed by atoms with Gasteiger partial charge in [0.25, 0.3) is 0 Å². The van der Waals surface area contributed by atoms with Crippen molar-refractivity contribution >= 4 is 40.8 Å². The number of amides is 4. The van der Waals surface area contributed by atoms with Crippen molar-refractivity contribution in [3.05, 3.63) is 23.2 Å². The predicted octanol–water partition coefficient (Wildman–Crippen LogP) is 2.29. The summed E-state index contributed by atoms with van der Waals surface area (Å²) in [5, 5.41) is 9.11. The third-order valence-electron chi connectivity index (χ3n) is 5.34. The molecule has 0 aromatic heterocycles. The first-order valence-corrected chi connectivity index (χ1v) is 10.9. The molecule has 30 heavy (non-hydrogen) atoms. The second-order valence-corrected chi connectivity index (χ2v) is 8.70. The van der Waals surface area contributed by atoms with Crippen LogP contribution >= 0.6 is 11.6 Å².